The van der Waals surface area contributed by atoms with Crippen LogP contribution in [0, 0.1) is 0 Å². The summed E-state index contributed by atoms with van der Waals surface area (Å²) in [5.74, 6) is 1.46. The van der Waals surface area contributed by atoms with Gasteiger partial charge in [0.15, 0.2) is 0 Å². The average molecular weight is 467 g/mol. The number of carbonyl (C=O) groups excluding carboxylic acids is 3. The van der Waals surface area contributed by atoms with Crippen LogP contribution < -0.4 is 5.32 Å². The molecule has 9 heteroatoms. The molecule has 0 saturated carbocycles. The lowest BCUT2D eigenvalue weighted by atomic mass is 10.1. The van der Waals surface area contributed by atoms with Gasteiger partial charge in [-0.15, -0.1) is 0 Å². The third-order valence-electron chi connectivity index (χ3n) is 5.54. The first-order valence-corrected chi connectivity index (χ1v) is 11.8. The van der Waals surface area contributed by atoms with E-state index in [-0.39, 0.29) is 30.7 Å². The fourth-order valence-electron chi connectivity index (χ4n) is 3.95. The van der Waals surface area contributed by atoms with Gasteiger partial charge in [0, 0.05) is 35.1 Å². The van der Waals surface area contributed by atoms with Crippen LogP contribution in [-0.2, 0) is 16.3 Å². The minimum atomic E-state index is -0.304. The number of carbonyl (C=O) groups is 3. The molecule has 2 aromatic carbocycles. The molecule has 1 aromatic heterocycles. The Hall–Kier alpha value is -3.10. The number of halogens is 1. The SMILES string of the molecule is O=C(CCCN1C(=O)c2ccccc2C1=O)Nc1c2c(nn1-c1ccc(Cl)cc1)CSC2. The second-order valence-corrected chi connectivity index (χ2v) is 9.04. The van der Waals surface area contributed by atoms with E-state index in [1.807, 2.05) is 12.1 Å². The van der Waals surface area contributed by atoms with Gasteiger partial charge >= 0.3 is 0 Å². The van der Waals surface area contributed by atoms with E-state index in [0.29, 0.717) is 28.4 Å². The van der Waals surface area contributed by atoms with Crippen molar-refractivity contribution in [1.82, 2.24) is 14.7 Å². The van der Waals surface area contributed by atoms with Gasteiger partial charge in [-0.05, 0) is 42.8 Å². The van der Waals surface area contributed by atoms with Crippen LogP contribution in [0.15, 0.2) is 48.5 Å². The molecule has 0 radical (unpaired) electrons. The summed E-state index contributed by atoms with van der Waals surface area (Å²) in [6.45, 7) is 0.199. The topological polar surface area (TPSA) is 84.3 Å². The highest BCUT2D eigenvalue weighted by atomic mass is 35.5. The third kappa shape index (κ3) is 3.69. The summed E-state index contributed by atoms with van der Waals surface area (Å²) in [5, 5.41) is 8.29. The number of aromatic nitrogens is 2. The van der Waals surface area contributed by atoms with E-state index in [0.717, 1.165) is 28.5 Å². The Kier molecular flexibility index (Phi) is 5.48. The van der Waals surface area contributed by atoms with E-state index >= 15 is 0 Å². The molecular formula is C23H19ClN4O3S. The number of benzene rings is 2. The first-order chi connectivity index (χ1) is 15.5. The minimum absolute atomic E-state index is 0.182. The van der Waals surface area contributed by atoms with Crippen molar-refractivity contribution in [3.8, 4) is 5.69 Å². The smallest absolute Gasteiger partial charge is 0.261 e. The zero-order valence-corrected chi connectivity index (χ0v) is 18.6. The number of thioether (sulfide) groups is 1. The molecule has 2 aliphatic heterocycles. The molecule has 7 nitrogen and oxygen atoms in total. The molecule has 32 heavy (non-hydrogen) atoms. The van der Waals surface area contributed by atoms with E-state index in [9.17, 15) is 14.4 Å². The molecule has 1 N–H and O–H groups in total. The normalized spacial score (nSPS) is 14.6. The van der Waals surface area contributed by atoms with Gasteiger partial charge in [0.1, 0.15) is 5.82 Å². The highest BCUT2D eigenvalue weighted by Gasteiger charge is 2.34. The Balaban J connectivity index is 1.26. The van der Waals surface area contributed by atoms with Crippen LogP contribution >= 0.6 is 23.4 Å². The molecule has 3 heterocycles. The summed E-state index contributed by atoms with van der Waals surface area (Å²) in [7, 11) is 0. The fraction of sp³-hybridized carbons (Fsp3) is 0.217. The van der Waals surface area contributed by atoms with Crippen molar-refractivity contribution in [2.24, 2.45) is 0 Å². The van der Waals surface area contributed by atoms with Gasteiger partial charge < -0.3 is 5.32 Å². The van der Waals surface area contributed by atoms with Crippen molar-refractivity contribution in [2.75, 3.05) is 11.9 Å². The van der Waals surface area contributed by atoms with E-state index < -0.39 is 0 Å². The summed E-state index contributed by atoms with van der Waals surface area (Å²) in [5.41, 5.74) is 3.64. The molecule has 3 aromatic rings. The highest BCUT2D eigenvalue weighted by molar-refractivity contribution is 7.98. The zero-order chi connectivity index (χ0) is 22.2. The van der Waals surface area contributed by atoms with Crippen molar-refractivity contribution in [1.29, 1.82) is 0 Å². The van der Waals surface area contributed by atoms with E-state index in [1.165, 1.54) is 4.90 Å². The lowest BCUT2D eigenvalue weighted by Crippen LogP contribution is -2.31. The second-order valence-electron chi connectivity index (χ2n) is 7.61. The van der Waals surface area contributed by atoms with E-state index in [1.54, 1.807) is 52.8 Å². The number of amides is 3. The maximum absolute atomic E-state index is 12.7. The quantitative estimate of drug-likeness (QED) is 0.548. The zero-order valence-electron chi connectivity index (χ0n) is 17.0. The van der Waals surface area contributed by atoms with E-state index in [2.05, 4.69) is 10.4 Å². The van der Waals surface area contributed by atoms with Crippen molar-refractivity contribution in [2.45, 2.75) is 24.3 Å². The van der Waals surface area contributed by atoms with Crippen LogP contribution in [0.25, 0.3) is 5.69 Å². The molecule has 0 unspecified atom stereocenters. The number of anilines is 1. The third-order valence-corrected chi connectivity index (χ3v) is 6.77. The maximum Gasteiger partial charge on any atom is 0.261 e. The number of rotatable bonds is 6. The van der Waals surface area contributed by atoms with Crippen molar-refractivity contribution in [3.63, 3.8) is 0 Å². The highest BCUT2D eigenvalue weighted by Crippen LogP contribution is 2.36. The van der Waals surface area contributed by atoms with Crippen molar-refractivity contribution < 1.29 is 14.4 Å². The van der Waals surface area contributed by atoms with Gasteiger partial charge in [-0.2, -0.15) is 16.9 Å². The number of hydrogen-bond acceptors (Lipinski definition) is 5. The number of fused-ring (bicyclic) bond motifs is 2. The molecule has 0 bridgehead atoms. The van der Waals surface area contributed by atoms with E-state index in [4.69, 9.17) is 11.6 Å². The second kappa shape index (κ2) is 8.44. The van der Waals surface area contributed by atoms with Crippen LogP contribution in [-0.4, -0.2) is 38.9 Å². The minimum Gasteiger partial charge on any atom is -0.310 e. The summed E-state index contributed by atoms with van der Waals surface area (Å²) in [4.78, 5) is 38.9. The molecule has 3 amide bonds. The van der Waals surface area contributed by atoms with Crippen LogP contribution in [0.2, 0.25) is 5.02 Å². The number of nitrogens with zero attached hydrogens (tertiary/aromatic N) is 3. The molecule has 0 spiro atoms. The van der Waals surface area contributed by atoms with Gasteiger partial charge in [0.25, 0.3) is 11.8 Å². The Morgan fingerprint density at radius 2 is 1.72 bits per heavy atom. The summed E-state index contributed by atoms with van der Waals surface area (Å²) in [6, 6.07) is 14.1. The lowest BCUT2D eigenvalue weighted by Gasteiger charge is -2.14. The predicted molar refractivity (Wildman–Crippen MR) is 123 cm³/mol. The molecule has 0 fully saturated rings. The number of hydrogen-bond donors (Lipinski definition) is 1. The molecule has 5 rings (SSSR count). The number of imide groups is 1. The summed E-state index contributed by atoms with van der Waals surface area (Å²) in [6.07, 6.45) is 0.560. The predicted octanol–water partition coefficient (Wildman–Crippen LogP) is 4.29. The maximum atomic E-state index is 12.7. The van der Waals surface area contributed by atoms with Crippen molar-refractivity contribution >= 4 is 46.9 Å². The summed E-state index contributed by atoms with van der Waals surface area (Å²) >= 11 is 7.76. The van der Waals surface area contributed by atoms with Gasteiger partial charge in [0.2, 0.25) is 5.91 Å². The fourth-order valence-corrected chi connectivity index (χ4v) is 5.11. The number of nitrogens with one attached hydrogen (secondary N) is 1. The van der Waals surface area contributed by atoms with Gasteiger partial charge in [0.05, 0.1) is 22.5 Å². The van der Waals surface area contributed by atoms with Crippen LogP contribution in [0.4, 0.5) is 5.82 Å². The standard InChI is InChI=1S/C23H19ClN4O3S/c24-14-7-9-15(10-8-14)28-21(18-12-32-13-19(18)26-28)25-20(29)6-3-11-27-22(30)16-4-1-2-5-17(16)23(27)31/h1-2,4-5,7-10H,3,6,11-13H2,(H,25,29). The molecule has 0 saturated heterocycles. The first-order valence-electron chi connectivity index (χ1n) is 10.2. The lowest BCUT2D eigenvalue weighted by molar-refractivity contribution is -0.116. The van der Waals surface area contributed by atoms with Gasteiger partial charge in [-0.25, -0.2) is 4.68 Å². The van der Waals surface area contributed by atoms with Crippen LogP contribution in [0.5, 0.6) is 0 Å². The van der Waals surface area contributed by atoms with Crippen molar-refractivity contribution in [3.05, 3.63) is 75.9 Å². The van der Waals surface area contributed by atoms with Gasteiger partial charge in [-0.3, -0.25) is 19.3 Å². The molecule has 162 valence electrons. The largest absolute Gasteiger partial charge is 0.310 e. The van der Waals surface area contributed by atoms with Gasteiger partial charge in [-0.1, -0.05) is 23.7 Å². The van der Waals surface area contributed by atoms with Crippen LogP contribution in [0.1, 0.15) is 44.8 Å². The Bertz CT molecular complexity index is 1200. The molecule has 0 aliphatic carbocycles. The Morgan fingerprint density at radius 1 is 1.03 bits per heavy atom. The molecular weight excluding hydrogens is 448 g/mol. The first kappa shape index (κ1) is 20.8. The molecule has 2 aliphatic rings. The Morgan fingerprint density at radius 3 is 2.41 bits per heavy atom. The summed E-state index contributed by atoms with van der Waals surface area (Å²) < 4.78 is 1.74. The molecule has 0 atom stereocenters. The Labute approximate surface area is 193 Å². The average Bonchev–Trinajstić information content (AvgIpc) is 3.45. The monoisotopic (exact) mass is 466 g/mol. The van der Waals surface area contributed by atoms with Crippen LogP contribution in [0.3, 0.4) is 0 Å².